The Kier molecular flexibility index (Phi) is 5.46. The molecule has 5 N–H and O–H groups in total. The van der Waals surface area contributed by atoms with Gasteiger partial charge in [-0.2, -0.15) is 0 Å². The third-order valence-corrected chi connectivity index (χ3v) is 1.94. The molecule has 0 amide bonds. The molecule has 0 aromatic heterocycles. The largest absolute Gasteiger partial charge is 0.329 e. The van der Waals surface area contributed by atoms with Crippen LogP contribution < -0.4 is 16.8 Å². The molecule has 3 nitrogen and oxygen atoms in total. The molecule has 0 aliphatic carbocycles. The van der Waals surface area contributed by atoms with Gasteiger partial charge in [-0.05, 0) is 26.3 Å². The Hall–Kier alpha value is -0.120. The number of hydrogen-bond acceptors (Lipinski definition) is 3. The molecule has 0 aromatic rings. The number of hydrogen-bond donors (Lipinski definition) is 3. The van der Waals surface area contributed by atoms with Crippen molar-refractivity contribution < 1.29 is 0 Å². The van der Waals surface area contributed by atoms with E-state index in [2.05, 4.69) is 19.2 Å². The van der Waals surface area contributed by atoms with E-state index >= 15 is 0 Å². The Bertz CT molecular complexity index is 110. The van der Waals surface area contributed by atoms with Crippen LogP contribution in [0.25, 0.3) is 0 Å². The van der Waals surface area contributed by atoms with Crippen LogP contribution in [0, 0.1) is 0 Å². The van der Waals surface area contributed by atoms with E-state index in [1.54, 1.807) is 0 Å². The molecule has 3 heteroatoms. The van der Waals surface area contributed by atoms with Gasteiger partial charge in [-0.15, -0.1) is 0 Å². The van der Waals surface area contributed by atoms with E-state index in [9.17, 15) is 0 Å². The Morgan fingerprint density at radius 1 is 1.42 bits per heavy atom. The first-order chi connectivity index (χ1) is 5.48. The first-order valence-corrected chi connectivity index (χ1v) is 4.70. The molecule has 0 radical (unpaired) electrons. The molecule has 74 valence electrons. The Balaban J connectivity index is 3.31. The minimum Gasteiger partial charge on any atom is -0.329 e. The average Bonchev–Trinajstić information content (AvgIpc) is 1.98. The van der Waals surface area contributed by atoms with Crippen LogP contribution in [-0.4, -0.2) is 24.7 Å². The molecule has 0 fully saturated rings. The van der Waals surface area contributed by atoms with E-state index in [0.717, 1.165) is 19.4 Å². The fraction of sp³-hybridized carbons (Fsp3) is 1.00. The molecule has 0 spiro atoms. The third-order valence-electron chi connectivity index (χ3n) is 1.94. The summed E-state index contributed by atoms with van der Waals surface area (Å²) in [7, 11) is 0. The highest BCUT2D eigenvalue weighted by Gasteiger charge is 2.14. The summed E-state index contributed by atoms with van der Waals surface area (Å²) in [6, 6.07) is 0.562. The molecule has 0 aliphatic heterocycles. The zero-order valence-electron chi connectivity index (χ0n) is 8.56. The Morgan fingerprint density at radius 3 is 2.42 bits per heavy atom. The van der Waals surface area contributed by atoms with E-state index in [1.807, 2.05) is 6.92 Å². The van der Waals surface area contributed by atoms with E-state index in [4.69, 9.17) is 11.5 Å². The maximum absolute atomic E-state index is 5.88. The first kappa shape index (κ1) is 11.9. The Morgan fingerprint density at radius 2 is 2.00 bits per heavy atom. The maximum atomic E-state index is 5.88. The van der Waals surface area contributed by atoms with Crippen molar-refractivity contribution in [3.05, 3.63) is 0 Å². The highest BCUT2D eigenvalue weighted by atomic mass is 14.9. The number of nitrogens with two attached hydrogens (primary N) is 2. The lowest BCUT2D eigenvalue weighted by atomic mass is 9.97. The standard InChI is InChI=1S/C9H23N3/c1-8(2)12-6-4-5-9(3,11)7-10/h8,12H,4-7,10-11H2,1-3H3. The van der Waals surface area contributed by atoms with Gasteiger partial charge < -0.3 is 16.8 Å². The van der Waals surface area contributed by atoms with Crippen LogP contribution in [0.2, 0.25) is 0 Å². The topological polar surface area (TPSA) is 64.1 Å². The van der Waals surface area contributed by atoms with Crippen LogP contribution >= 0.6 is 0 Å². The van der Waals surface area contributed by atoms with Crippen molar-refractivity contribution in [2.45, 2.75) is 45.2 Å². The molecule has 0 saturated carbocycles. The lowest BCUT2D eigenvalue weighted by Crippen LogP contribution is -2.44. The first-order valence-electron chi connectivity index (χ1n) is 4.70. The second-order valence-corrected chi connectivity index (χ2v) is 4.07. The van der Waals surface area contributed by atoms with Gasteiger partial charge >= 0.3 is 0 Å². The quantitative estimate of drug-likeness (QED) is 0.511. The van der Waals surface area contributed by atoms with Crippen LogP contribution in [0.3, 0.4) is 0 Å². The van der Waals surface area contributed by atoms with Crippen LogP contribution in [0.1, 0.15) is 33.6 Å². The SMILES string of the molecule is CC(C)NCCCC(C)(N)CN. The highest BCUT2D eigenvalue weighted by molar-refractivity contribution is 4.79. The van der Waals surface area contributed by atoms with Gasteiger partial charge in [-0.25, -0.2) is 0 Å². The van der Waals surface area contributed by atoms with Gasteiger partial charge in [0.1, 0.15) is 0 Å². The maximum Gasteiger partial charge on any atom is 0.0250 e. The summed E-state index contributed by atoms with van der Waals surface area (Å²) < 4.78 is 0. The second kappa shape index (κ2) is 5.51. The molecule has 0 aliphatic rings. The second-order valence-electron chi connectivity index (χ2n) is 4.07. The minimum atomic E-state index is -0.182. The minimum absolute atomic E-state index is 0.182. The summed E-state index contributed by atoms with van der Waals surface area (Å²) in [6.45, 7) is 7.89. The highest BCUT2D eigenvalue weighted by Crippen LogP contribution is 2.05. The average molecular weight is 173 g/mol. The van der Waals surface area contributed by atoms with Gasteiger partial charge in [-0.1, -0.05) is 13.8 Å². The van der Waals surface area contributed by atoms with E-state index in [0.29, 0.717) is 12.6 Å². The predicted octanol–water partition coefficient (Wildman–Crippen LogP) is 0.441. The van der Waals surface area contributed by atoms with E-state index in [-0.39, 0.29) is 5.54 Å². The molecule has 0 rings (SSSR count). The van der Waals surface area contributed by atoms with Gasteiger partial charge in [0.2, 0.25) is 0 Å². The van der Waals surface area contributed by atoms with E-state index < -0.39 is 0 Å². The van der Waals surface area contributed by atoms with Gasteiger partial charge in [0.15, 0.2) is 0 Å². The normalized spacial score (nSPS) is 16.5. The van der Waals surface area contributed by atoms with Gasteiger partial charge in [0.05, 0.1) is 0 Å². The molecule has 1 atom stereocenters. The zero-order valence-corrected chi connectivity index (χ0v) is 8.56. The van der Waals surface area contributed by atoms with Crippen LogP contribution in [0.5, 0.6) is 0 Å². The zero-order chi connectivity index (χ0) is 9.61. The third kappa shape index (κ3) is 6.58. The molecule has 0 aromatic carbocycles. The molecule has 0 saturated heterocycles. The number of nitrogens with one attached hydrogen (secondary N) is 1. The molecular weight excluding hydrogens is 150 g/mol. The summed E-state index contributed by atoms with van der Waals surface area (Å²) >= 11 is 0. The van der Waals surface area contributed by atoms with Crippen molar-refractivity contribution >= 4 is 0 Å². The van der Waals surface area contributed by atoms with Crippen molar-refractivity contribution in [2.24, 2.45) is 11.5 Å². The fourth-order valence-electron chi connectivity index (χ4n) is 0.985. The lowest BCUT2D eigenvalue weighted by molar-refractivity contribution is 0.415. The fourth-order valence-corrected chi connectivity index (χ4v) is 0.985. The summed E-state index contributed by atoms with van der Waals surface area (Å²) in [4.78, 5) is 0. The van der Waals surface area contributed by atoms with Crippen LogP contribution in [0.15, 0.2) is 0 Å². The van der Waals surface area contributed by atoms with Crippen LogP contribution in [-0.2, 0) is 0 Å². The van der Waals surface area contributed by atoms with Crippen molar-refractivity contribution in [3.63, 3.8) is 0 Å². The van der Waals surface area contributed by atoms with Crippen molar-refractivity contribution in [1.29, 1.82) is 0 Å². The monoisotopic (exact) mass is 173 g/mol. The summed E-state index contributed by atoms with van der Waals surface area (Å²) in [6.07, 6.45) is 2.09. The van der Waals surface area contributed by atoms with Crippen molar-refractivity contribution in [2.75, 3.05) is 13.1 Å². The Labute approximate surface area is 75.9 Å². The summed E-state index contributed by atoms with van der Waals surface area (Å²) in [5, 5.41) is 3.35. The molecule has 0 heterocycles. The number of rotatable bonds is 6. The van der Waals surface area contributed by atoms with E-state index in [1.165, 1.54) is 0 Å². The molecular formula is C9H23N3. The van der Waals surface area contributed by atoms with Gasteiger partial charge in [0, 0.05) is 18.1 Å². The lowest BCUT2D eigenvalue weighted by Gasteiger charge is -2.22. The predicted molar refractivity (Wildman–Crippen MR) is 54.0 cm³/mol. The molecule has 0 bridgehead atoms. The van der Waals surface area contributed by atoms with Crippen molar-refractivity contribution in [3.8, 4) is 0 Å². The summed E-state index contributed by atoms with van der Waals surface area (Å²) in [5.74, 6) is 0. The molecule has 12 heavy (non-hydrogen) atoms. The van der Waals surface area contributed by atoms with Crippen LogP contribution in [0.4, 0.5) is 0 Å². The smallest absolute Gasteiger partial charge is 0.0250 e. The summed E-state index contributed by atoms with van der Waals surface area (Å²) in [5.41, 5.74) is 11.2. The van der Waals surface area contributed by atoms with Gasteiger partial charge in [-0.3, -0.25) is 0 Å². The van der Waals surface area contributed by atoms with Gasteiger partial charge in [0.25, 0.3) is 0 Å². The molecule has 1 unspecified atom stereocenters. The van der Waals surface area contributed by atoms with Crippen molar-refractivity contribution in [1.82, 2.24) is 5.32 Å².